The fourth-order valence-electron chi connectivity index (χ4n) is 3.35. The number of rotatable bonds is 7. The van der Waals surface area contributed by atoms with Gasteiger partial charge in [-0.15, -0.1) is 0 Å². The lowest BCUT2D eigenvalue weighted by Gasteiger charge is -2.12. The largest absolute Gasteiger partial charge is 0.487 e. The van der Waals surface area contributed by atoms with Crippen LogP contribution in [-0.2, 0) is 11.4 Å². The number of carbonyl (C=O) groups excluding carboxylic acids is 1. The van der Waals surface area contributed by atoms with E-state index in [1.54, 1.807) is 35.2 Å². The van der Waals surface area contributed by atoms with Gasteiger partial charge in [0.25, 0.3) is 5.91 Å². The van der Waals surface area contributed by atoms with Crippen molar-refractivity contribution >= 4 is 72.4 Å². The van der Waals surface area contributed by atoms with Gasteiger partial charge in [-0.3, -0.25) is 9.69 Å². The molecule has 184 valence electrons. The summed E-state index contributed by atoms with van der Waals surface area (Å²) in [5.74, 6) is -0.880. The van der Waals surface area contributed by atoms with Crippen LogP contribution in [0.1, 0.15) is 28.4 Å². The first-order chi connectivity index (χ1) is 17.2. The fourth-order valence-corrected chi connectivity index (χ4v) is 5.86. The Morgan fingerprint density at radius 2 is 1.75 bits per heavy atom. The highest BCUT2D eigenvalue weighted by Crippen LogP contribution is 2.38. The third kappa shape index (κ3) is 6.05. The molecule has 1 fully saturated rings. The van der Waals surface area contributed by atoms with Crippen molar-refractivity contribution in [1.82, 2.24) is 4.90 Å². The zero-order valence-corrected chi connectivity index (χ0v) is 22.9. The third-order valence-electron chi connectivity index (χ3n) is 5.16. The number of aromatic carboxylic acids is 1. The van der Waals surface area contributed by atoms with Crippen LogP contribution >= 0.6 is 43.6 Å². The smallest absolute Gasteiger partial charge is 0.335 e. The van der Waals surface area contributed by atoms with Gasteiger partial charge in [0.1, 0.15) is 18.2 Å². The van der Waals surface area contributed by atoms with E-state index in [4.69, 9.17) is 9.84 Å². The predicted octanol–water partition coefficient (Wildman–Crippen LogP) is 7.25. The molecule has 36 heavy (non-hydrogen) atoms. The molecule has 0 aliphatic carbocycles. The number of amides is 1. The Hall–Kier alpha value is -2.95. The lowest BCUT2D eigenvalue weighted by Crippen LogP contribution is -2.28. The van der Waals surface area contributed by atoms with Gasteiger partial charge in [-0.25, -0.2) is 14.2 Å². The zero-order valence-electron chi connectivity index (χ0n) is 18.9. The molecule has 0 saturated carbocycles. The number of ether oxygens (including phenoxy) is 1. The minimum Gasteiger partial charge on any atom is -0.487 e. The van der Waals surface area contributed by atoms with Crippen LogP contribution in [0.3, 0.4) is 0 Å². The zero-order chi connectivity index (χ0) is 25.8. The number of hydrogen-bond acceptors (Lipinski definition) is 5. The summed E-state index contributed by atoms with van der Waals surface area (Å²) >= 11 is 8.32. The van der Waals surface area contributed by atoms with E-state index in [-0.39, 0.29) is 23.9 Å². The first-order valence-corrected chi connectivity index (χ1v) is 13.1. The van der Waals surface area contributed by atoms with Crippen molar-refractivity contribution in [3.8, 4) is 5.75 Å². The van der Waals surface area contributed by atoms with Crippen LogP contribution in [0, 0.1) is 5.82 Å². The second kappa shape index (κ2) is 11.4. The highest BCUT2D eigenvalue weighted by Gasteiger charge is 2.32. The molecule has 0 spiro atoms. The average molecular weight is 634 g/mol. The van der Waals surface area contributed by atoms with Gasteiger partial charge in [0.15, 0.2) is 5.17 Å². The molecule has 10 heteroatoms. The van der Waals surface area contributed by atoms with Crippen molar-refractivity contribution in [2.24, 2.45) is 4.99 Å². The molecule has 1 aliphatic heterocycles. The van der Waals surface area contributed by atoms with Crippen molar-refractivity contribution in [1.29, 1.82) is 0 Å². The minimum atomic E-state index is -1.01. The highest BCUT2D eigenvalue weighted by molar-refractivity contribution is 9.11. The van der Waals surface area contributed by atoms with Gasteiger partial charge in [-0.1, -0.05) is 12.1 Å². The maximum Gasteiger partial charge on any atom is 0.335 e. The summed E-state index contributed by atoms with van der Waals surface area (Å²) in [6.07, 6.45) is 1.78. The lowest BCUT2D eigenvalue weighted by molar-refractivity contribution is -0.122. The van der Waals surface area contributed by atoms with Crippen LogP contribution in [0.2, 0.25) is 0 Å². The number of aliphatic imine (C=N–C) groups is 1. The Morgan fingerprint density at radius 1 is 1.11 bits per heavy atom. The molecule has 0 aromatic heterocycles. The third-order valence-corrected chi connectivity index (χ3v) is 7.34. The molecule has 1 amide bonds. The lowest BCUT2D eigenvalue weighted by atomic mass is 10.2. The molecule has 3 aromatic carbocycles. The van der Waals surface area contributed by atoms with E-state index in [0.29, 0.717) is 37.0 Å². The number of carbonyl (C=O) groups is 2. The van der Waals surface area contributed by atoms with Crippen LogP contribution in [0.4, 0.5) is 10.1 Å². The standard InChI is InChI=1S/C26H19Br2FN2O4S/c1-2-31-24(32)22(36-26(31)30-19-9-5-17(6-10-19)25(33)34)13-16-11-20(27)23(21(28)12-16)35-14-15-3-7-18(29)8-4-15/h3-13H,2,14H2,1H3,(H,33,34). The molecule has 0 radical (unpaired) electrons. The maximum absolute atomic E-state index is 13.1. The number of amidine groups is 1. The fraction of sp³-hybridized carbons (Fsp3) is 0.115. The quantitative estimate of drug-likeness (QED) is 0.277. The second-order valence-electron chi connectivity index (χ2n) is 7.64. The molecular weight excluding hydrogens is 615 g/mol. The molecule has 1 saturated heterocycles. The normalized spacial score (nSPS) is 15.7. The summed E-state index contributed by atoms with van der Waals surface area (Å²) < 4.78 is 20.4. The summed E-state index contributed by atoms with van der Waals surface area (Å²) in [5, 5.41) is 9.59. The summed E-state index contributed by atoms with van der Waals surface area (Å²) in [5.41, 5.74) is 2.34. The second-order valence-corrected chi connectivity index (χ2v) is 10.4. The van der Waals surface area contributed by atoms with Crippen molar-refractivity contribution in [2.75, 3.05) is 6.54 Å². The van der Waals surface area contributed by atoms with Crippen molar-refractivity contribution in [3.05, 3.63) is 97.0 Å². The van der Waals surface area contributed by atoms with Gasteiger partial charge >= 0.3 is 5.97 Å². The van der Waals surface area contributed by atoms with Gasteiger partial charge in [0.2, 0.25) is 0 Å². The molecule has 1 aliphatic rings. The van der Waals surface area contributed by atoms with E-state index < -0.39 is 5.97 Å². The number of likely N-dealkylation sites (N-methyl/N-ethyl adjacent to an activating group) is 1. The summed E-state index contributed by atoms with van der Waals surface area (Å²) in [6, 6.07) is 16.0. The van der Waals surface area contributed by atoms with Crippen LogP contribution in [0.15, 0.2) is 79.5 Å². The Kier molecular flexibility index (Phi) is 8.28. The molecule has 0 unspecified atom stereocenters. The average Bonchev–Trinajstić information content (AvgIpc) is 3.13. The van der Waals surface area contributed by atoms with E-state index in [1.165, 1.54) is 36.0 Å². The van der Waals surface area contributed by atoms with E-state index in [2.05, 4.69) is 36.9 Å². The highest BCUT2D eigenvalue weighted by atomic mass is 79.9. The van der Waals surface area contributed by atoms with Crippen LogP contribution < -0.4 is 4.74 Å². The topological polar surface area (TPSA) is 79.2 Å². The molecule has 4 rings (SSSR count). The summed E-state index contributed by atoms with van der Waals surface area (Å²) in [6.45, 7) is 2.58. The SMILES string of the molecule is CCN1C(=O)C(=Cc2cc(Br)c(OCc3ccc(F)cc3)c(Br)c2)SC1=Nc1ccc(C(=O)O)cc1. The van der Waals surface area contributed by atoms with Gasteiger partial charge < -0.3 is 9.84 Å². The number of carboxylic acids is 1. The van der Waals surface area contributed by atoms with E-state index in [1.807, 2.05) is 19.1 Å². The molecule has 1 N–H and O–H groups in total. The maximum atomic E-state index is 13.1. The van der Waals surface area contributed by atoms with Crippen LogP contribution in [0.5, 0.6) is 5.75 Å². The predicted molar refractivity (Wildman–Crippen MR) is 146 cm³/mol. The number of thioether (sulfide) groups is 1. The Balaban J connectivity index is 1.54. The van der Waals surface area contributed by atoms with E-state index in [9.17, 15) is 14.0 Å². The van der Waals surface area contributed by atoms with E-state index >= 15 is 0 Å². The number of carboxylic acid groups (broad SMARTS) is 1. The Labute approximate surface area is 228 Å². The van der Waals surface area contributed by atoms with E-state index in [0.717, 1.165) is 11.1 Å². The minimum absolute atomic E-state index is 0.160. The van der Waals surface area contributed by atoms with Gasteiger partial charge in [0, 0.05) is 6.54 Å². The molecule has 0 atom stereocenters. The summed E-state index contributed by atoms with van der Waals surface area (Å²) in [7, 11) is 0. The van der Waals surface area contributed by atoms with Gasteiger partial charge in [-0.2, -0.15) is 0 Å². The molecule has 3 aromatic rings. The van der Waals surface area contributed by atoms with Crippen molar-refractivity contribution in [2.45, 2.75) is 13.5 Å². The first kappa shape index (κ1) is 26.1. The monoisotopic (exact) mass is 632 g/mol. The first-order valence-electron chi connectivity index (χ1n) is 10.7. The Bertz CT molecular complexity index is 1350. The molecule has 0 bridgehead atoms. The van der Waals surface area contributed by atoms with Crippen molar-refractivity contribution in [3.63, 3.8) is 0 Å². The molecule has 6 nitrogen and oxygen atoms in total. The van der Waals surface area contributed by atoms with Gasteiger partial charge in [0.05, 0.1) is 25.1 Å². The number of hydrogen-bond donors (Lipinski definition) is 1. The number of halogens is 3. The molecule has 1 heterocycles. The van der Waals surface area contributed by atoms with Crippen molar-refractivity contribution < 1.29 is 23.8 Å². The van der Waals surface area contributed by atoms with Crippen LogP contribution in [-0.4, -0.2) is 33.6 Å². The Morgan fingerprint density at radius 3 is 2.33 bits per heavy atom. The number of nitrogens with zero attached hydrogens (tertiary/aromatic N) is 2. The number of benzene rings is 3. The summed E-state index contributed by atoms with van der Waals surface area (Å²) in [4.78, 5) is 30.7. The van der Waals surface area contributed by atoms with Crippen LogP contribution in [0.25, 0.3) is 6.08 Å². The van der Waals surface area contributed by atoms with Gasteiger partial charge in [-0.05, 0) is 116 Å². The molecular formula is C26H19Br2FN2O4S.